The van der Waals surface area contributed by atoms with Crippen molar-refractivity contribution in [3.8, 4) is 12.3 Å². The standard InChI is InChI=1S/C12H16N4O4/c1-2-6(13)10(18)11-7(17)5-9(20-11)16-4-3-8(14)15-12(16)19/h1,3-4,6-7,9-11,17-18H,5,13H2,(H2,14,15,19)/t6?,7-,9+,10?,11-/m0/s1. The van der Waals surface area contributed by atoms with Crippen LogP contribution in [-0.2, 0) is 4.74 Å². The van der Waals surface area contributed by atoms with Crippen LogP contribution in [0.15, 0.2) is 17.1 Å². The first-order chi connectivity index (χ1) is 9.43. The summed E-state index contributed by atoms with van der Waals surface area (Å²) in [7, 11) is 0. The van der Waals surface area contributed by atoms with E-state index in [0.717, 1.165) is 0 Å². The SMILES string of the molecule is C#CC(N)C(O)[C@H]1O[C@@H](n2ccc(N)nc2=O)C[C@@H]1O. The first kappa shape index (κ1) is 14.5. The van der Waals surface area contributed by atoms with Gasteiger partial charge in [-0.1, -0.05) is 5.92 Å². The Kier molecular flexibility index (Phi) is 4.06. The van der Waals surface area contributed by atoms with Gasteiger partial charge in [0.2, 0.25) is 0 Å². The summed E-state index contributed by atoms with van der Waals surface area (Å²) < 4.78 is 6.66. The first-order valence-corrected chi connectivity index (χ1v) is 6.02. The molecule has 0 aromatic carbocycles. The number of ether oxygens (including phenoxy) is 1. The van der Waals surface area contributed by atoms with Crippen molar-refractivity contribution in [1.82, 2.24) is 9.55 Å². The average Bonchev–Trinajstić information content (AvgIpc) is 2.78. The molecule has 0 spiro atoms. The minimum atomic E-state index is -1.22. The molecule has 108 valence electrons. The second kappa shape index (κ2) is 5.60. The lowest BCUT2D eigenvalue weighted by Crippen LogP contribution is -2.46. The zero-order valence-electron chi connectivity index (χ0n) is 10.6. The molecular weight excluding hydrogens is 264 g/mol. The van der Waals surface area contributed by atoms with Crippen LogP contribution in [-0.4, -0.2) is 44.1 Å². The summed E-state index contributed by atoms with van der Waals surface area (Å²) in [5, 5.41) is 19.8. The molecule has 2 unspecified atom stereocenters. The van der Waals surface area contributed by atoms with Crippen LogP contribution in [0, 0.1) is 12.3 Å². The van der Waals surface area contributed by atoms with Gasteiger partial charge in [0.15, 0.2) is 0 Å². The highest BCUT2D eigenvalue weighted by atomic mass is 16.5. The lowest BCUT2D eigenvalue weighted by molar-refractivity contribution is -0.0852. The number of aromatic nitrogens is 2. The van der Waals surface area contributed by atoms with Crippen molar-refractivity contribution in [1.29, 1.82) is 0 Å². The highest BCUT2D eigenvalue weighted by molar-refractivity contribution is 5.23. The predicted octanol–water partition coefficient (Wildman–Crippen LogP) is -2.20. The van der Waals surface area contributed by atoms with E-state index in [4.69, 9.17) is 22.6 Å². The average molecular weight is 280 g/mol. The summed E-state index contributed by atoms with van der Waals surface area (Å²) in [6.07, 6.45) is 2.72. The molecule has 5 atom stereocenters. The Morgan fingerprint density at radius 3 is 2.95 bits per heavy atom. The van der Waals surface area contributed by atoms with Gasteiger partial charge in [0, 0.05) is 12.6 Å². The third kappa shape index (κ3) is 2.66. The summed E-state index contributed by atoms with van der Waals surface area (Å²) in [5.41, 5.74) is 10.3. The topological polar surface area (TPSA) is 137 Å². The molecule has 1 saturated heterocycles. The molecule has 6 N–H and O–H groups in total. The van der Waals surface area contributed by atoms with E-state index in [1.165, 1.54) is 16.8 Å². The predicted molar refractivity (Wildman–Crippen MR) is 70.3 cm³/mol. The lowest BCUT2D eigenvalue weighted by Gasteiger charge is -2.23. The number of aliphatic hydroxyl groups excluding tert-OH is 2. The fourth-order valence-electron chi connectivity index (χ4n) is 2.10. The zero-order chi connectivity index (χ0) is 14.9. The first-order valence-electron chi connectivity index (χ1n) is 6.02. The Morgan fingerprint density at radius 1 is 1.65 bits per heavy atom. The number of nitrogens with zero attached hydrogens (tertiary/aromatic N) is 2. The van der Waals surface area contributed by atoms with E-state index in [2.05, 4.69) is 10.9 Å². The molecule has 0 aliphatic carbocycles. The van der Waals surface area contributed by atoms with Gasteiger partial charge >= 0.3 is 5.69 Å². The summed E-state index contributed by atoms with van der Waals surface area (Å²) in [6.45, 7) is 0. The van der Waals surface area contributed by atoms with Gasteiger partial charge in [-0.15, -0.1) is 6.42 Å². The third-order valence-electron chi connectivity index (χ3n) is 3.20. The van der Waals surface area contributed by atoms with Gasteiger partial charge in [-0.05, 0) is 6.07 Å². The molecule has 20 heavy (non-hydrogen) atoms. The third-order valence-corrected chi connectivity index (χ3v) is 3.20. The number of aliphatic hydroxyl groups is 2. The second-order valence-corrected chi connectivity index (χ2v) is 4.58. The maximum Gasteiger partial charge on any atom is 0.351 e. The molecule has 0 amide bonds. The number of anilines is 1. The molecule has 2 heterocycles. The van der Waals surface area contributed by atoms with Crippen LogP contribution in [0.4, 0.5) is 5.82 Å². The van der Waals surface area contributed by atoms with Crippen molar-refractivity contribution in [2.75, 3.05) is 5.73 Å². The Balaban J connectivity index is 2.18. The number of hydrogen-bond acceptors (Lipinski definition) is 7. The molecule has 0 bridgehead atoms. The monoisotopic (exact) mass is 280 g/mol. The Labute approximate surface area is 115 Å². The van der Waals surface area contributed by atoms with Crippen molar-refractivity contribution >= 4 is 5.82 Å². The van der Waals surface area contributed by atoms with Crippen LogP contribution in [0.25, 0.3) is 0 Å². The minimum absolute atomic E-state index is 0.0933. The molecular formula is C12H16N4O4. The van der Waals surface area contributed by atoms with Crippen LogP contribution >= 0.6 is 0 Å². The van der Waals surface area contributed by atoms with Gasteiger partial charge in [-0.25, -0.2) is 4.79 Å². The summed E-state index contributed by atoms with van der Waals surface area (Å²) in [4.78, 5) is 15.3. The van der Waals surface area contributed by atoms with Crippen molar-refractivity contribution in [3.63, 3.8) is 0 Å². The molecule has 0 saturated carbocycles. The van der Waals surface area contributed by atoms with Gasteiger partial charge in [0.25, 0.3) is 0 Å². The number of nitrogen functional groups attached to an aromatic ring is 1. The van der Waals surface area contributed by atoms with Gasteiger partial charge < -0.3 is 26.4 Å². The number of nitrogens with two attached hydrogens (primary N) is 2. The molecule has 0 radical (unpaired) electrons. The summed E-state index contributed by atoms with van der Waals surface area (Å²) in [5.74, 6) is 2.27. The molecule has 8 heteroatoms. The molecule has 1 aliphatic rings. The van der Waals surface area contributed by atoms with E-state index < -0.39 is 36.3 Å². The maximum atomic E-state index is 11.7. The number of rotatable bonds is 3. The van der Waals surface area contributed by atoms with Gasteiger partial charge in [-0.3, -0.25) is 4.57 Å². The molecule has 2 rings (SSSR count). The van der Waals surface area contributed by atoms with E-state index in [1.807, 2.05) is 0 Å². The van der Waals surface area contributed by atoms with Crippen LogP contribution in [0.1, 0.15) is 12.6 Å². The van der Waals surface area contributed by atoms with E-state index in [-0.39, 0.29) is 12.2 Å². The number of terminal acetylenes is 1. The fourth-order valence-corrected chi connectivity index (χ4v) is 2.10. The van der Waals surface area contributed by atoms with Gasteiger partial charge in [-0.2, -0.15) is 4.98 Å². The molecule has 1 fully saturated rings. The van der Waals surface area contributed by atoms with E-state index >= 15 is 0 Å². The zero-order valence-corrected chi connectivity index (χ0v) is 10.6. The Morgan fingerprint density at radius 2 is 2.35 bits per heavy atom. The minimum Gasteiger partial charge on any atom is -0.390 e. The van der Waals surface area contributed by atoms with Crippen LogP contribution in [0.3, 0.4) is 0 Å². The maximum absolute atomic E-state index is 11.7. The number of hydrogen-bond donors (Lipinski definition) is 4. The Bertz CT molecular complexity index is 582. The largest absolute Gasteiger partial charge is 0.390 e. The van der Waals surface area contributed by atoms with Crippen molar-refractivity contribution in [2.45, 2.75) is 37.0 Å². The van der Waals surface area contributed by atoms with Gasteiger partial charge in [0.1, 0.15) is 24.3 Å². The molecule has 1 aromatic rings. The lowest BCUT2D eigenvalue weighted by atomic mass is 10.0. The molecule has 1 aromatic heterocycles. The highest BCUT2D eigenvalue weighted by Gasteiger charge is 2.41. The van der Waals surface area contributed by atoms with Crippen LogP contribution in [0.5, 0.6) is 0 Å². The van der Waals surface area contributed by atoms with Gasteiger partial charge in [0.05, 0.1) is 12.1 Å². The normalized spacial score (nSPS) is 28.8. The summed E-state index contributed by atoms with van der Waals surface area (Å²) >= 11 is 0. The quantitative estimate of drug-likeness (QED) is 0.461. The molecule has 1 aliphatic heterocycles. The van der Waals surface area contributed by atoms with E-state index in [9.17, 15) is 15.0 Å². The highest BCUT2D eigenvalue weighted by Crippen LogP contribution is 2.30. The van der Waals surface area contributed by atoms with E-state index in [1.54, 1.807) is 0 Å². The van der Waals surface area contributed by atoms with Crippen molar-refractivity contribution < 1.29 is 14.9 Å². The van der Waals surface area contributed by atoms with Crippen LogP contribution < -0.4 is 17.2 Å². The van der Waals surface area contributed by atoms with Crippen molar-refractivity contribution in [3.05, 3.63) is 22.7 Å². The second-order valence-electron chi connectivity index (χ2n) is 4.58. The van der Waals surface area contributed by atoms with Crippen molar-refractivity contribution in [2.24, 2.45) is 5.73 Å². The fraction of sp³-hybridized carbons (Fsp3) is 0.500. The smallest absolute Gasteiger partial charge is 0.351 e. The summed E-state index contributed by atoms with van der Waals surface area (Å²) in [6, 6.07) is 0.475. The van der Waals surface area contributed by atoms with Crippen LogP contribution in [0.2, 0.25) is 0 Å². The van der Waals surface area contributed by atoms with E-state index in [0.29, 0.717) is 0 Å². The Hall–Kier alpha value is -1.92. The molecule has 8 nitrogen and oxygen atoms in total.